The molecule has 0 heterocycles. The summed E-state index contributed by atoms with van der Waals surface area (Å²) in [6.45, 7) is 3.60. The van der Waals surface area contributed by atoms with Gasteiger partial charge in [0.2, 0.25) is 0 Å². The third-order valence-corrected chi connectivity index (χ3v) is 4.89. The van der Waals surface area contributed by atoms with E-state index in [1.165, 1.54) is 37.8 Å². The van der Waals surface area contributed by atoms with Crippen LogP contribution in [0.5, 0.6) is 0 Å². The molecular formula is C16H22ClN. The molecule has 2 aliphatic carbocycles. The predicted molar refractivity (Wildman–Crippen MR) is 77.1 cm³/mol. The molecule has 0 bridgehead atoms. The molecule has 1 aromatic carbocycles. The fraction of sp³-hybridized carbons (Fsp3) is 0.625. The molecule has 98 valence electrons. The first-order valence-corrected chi connectivity index (χ1v) is 7.59. The highest BCUT2D eigenvalue weighted by Crippen LogP contribution is 2.39. The van der Waals surface area contributed by atoms with Crippen molar-refractivity contribution in [3.05, 3.63) is 34.9 Å². The number of hydrogen-bond donors (Lipinski definition) is 1. The van der Waals surface area contributed by atoms with Crippen LogP contribution >= 0.6 is 11.6 Å². The minimum absolute atomic E-state index is 0.742. The lowest BCUT2D eigenvalue weighted by molar-refractivity contribution is 0.273. The van der Waals surface area contributed by atoms with Gasteiger partial charge in [0.25, 0.3) is 0 Å². The van der Waals surface area contributed by atoms with Gasteiger partial charge in [-0.2, -0.15) is 0 Å². The van der Waals surface area contributed by atoms with Crippen LogP contribution < -0.4 is 5.32 Å². The van der Waals surface area contributed by atoms with Crippen LogP contribution in [0.2, 0.25) is 5.02 Å². The van der Waals surface area contributed by atoms with E-state index >= 15 is 0 Å². The van der Waals surface area contributed by atoms with Crippen LogP contribution in [-0.4, -0.2) is 12.6 Å². The van der Waals surface area contributed by atoms with Gasteiger partial charge in [-0.25, -0.2) is 0 Å². The molecule has 2 fully saturated rings. The summed E-state index contributed by atoms with van der Waals surface area (Å²) >= 11 is 5.91. The van der Waals surface area contributed by atoms with Gasteiger partial charge in [0.05, 0.1) is 0 Å². The topological polar surface area (TPSA) is 12.0 Å². The van der Waals surface area contributed by atoms with Crippen molar-refractivity contribution in [2.24, 2.45) is 11.8 Å². The summed E-state index contributed by atoms with van der Waals surface area (Å²) in [4.78, 5) is 0. The average Bonchev–Trinajstić information content (AvgIpc) is 3.13. The molecule has 1 aromatic rings. The number of halogens is 1. The largest absolute Gasteiger partial charge is 0.314 e. The Balaban J connectivity index is 1.41. The molecule has 0 aromatic heterocycles. The highest BCUT2D eigenvalue weighted by atomic mass is 35.5. The Labute approximate surface area is 115 Å². The first-order chi connectivity index (χ1) is 8.72. The van der Waals surface area contributed by atoms with E-state index in [9.17, 15) is 0 Å². The Hall–Kier alpha value is -0.530. The zero-order valence-corrected chi connectivity index (χ0v) is 11.8. The van der Waals surface area contributed by atoms with Gasteiger partial charge in [-0.1, -0.05) is 30.7 Å². The highest BCUT2D eigenvalue weighted by molar-refractivity contribution is 6.30. The van der Waals surface area contributed by atoms with Crippen molar-refractivity contribution >= 4 is 11.6 Å². The van der Waals surface area contributed by atoms with Gasteiger partial charge >= 0.3 is 0 Å². The first kappa shape index (κ1) is 12.5. The quantitative estimate of drug-likeness (QED) is 0.839. The van der Waals surface area contributed by atoms with Gasteiger partial charge in [0, 0.05) is 11.1 Å². The monoisotopic (exact) mass is 263 g/mol. The molecule has 2 heteroatoms. The van der Waals surface area contributed by atoms with E-state index in [1.807, 2.05) is 12.1 Å². The number of hydrogen-bond acceptors (Lipinski definition) is 1. The second kappa shape index (κ2) is 5.22. The number of benzene rings is 1. The van der Waals surface area contributed by atoms with Crippen LogP contribution in [0, 0.1) is 11.8 Å². The molecule has 3 rings (SSSR count). The third kappa shape index (κ3) is 2.89. The molecule has 0 saturated heterocycles. The average molecular weight is 264 g/mol. The van der Waals surface area contributed by atoms with Crippen LogP contribution in [0.25, 0.3) is 0 Å². The minimum Gasteiger partial charge on any atom is -0.314 e. The van der Waals surface area contributed by atoms with Gasteiger partial charge < -0.3 is 5.32 Å². The van der Waals surface area contributed by atoms with Crippen molar-refractivity contribution < 1.29 is 0 Å². The third-order valence-electron chi connectivity index (χ3n) is 4.63. The molecule has 2 saturated carbocycles. The van der Waals surface area contributed by atoms with E-state index in [0.29, 0.717) is 0 Å². The molecule has 18 heavy (non-hydrogen) atoms. The second-order valence-electron chi connectivity index (χ2n) is 6.14. The minimum atomic E-state index is 0.742. The maximum atomic E-state index is 5.91. The molecule has 2 aliphatic rings. The Kier molecular flexibility index (Phi) is 3.63. The van der Waals surface area contributed by atoms with Gasteiger partial charge in [-0.05, 0) is 67.7 Å². The fourth-order valence-electron chi connectivity index (χ4n) is 2.98. The van der Waals surface area contributed by atoms with Gasteiger partial charge in [-0.15, -0.1) is 0 Å². The van der Waals surface area contributed by atoms with Gasteiger partial charge in [0.1, 0.15) is 0 Å². The standard InChI is InChI=1S/C16H22ClN/c1-11(12-2-3-12)10-18-16-8-14(9-16)13-4-6-15(17)7-5-13/h4-7,11-12,14,16,18H,2-3,8-10H2,1H3. The van der Waals surface area contributed by atoms with Crippen LogP contribution in [0.1, 0.15) is 44.1 Å². The van der Waals surface area contributed by atoms with E-state index in [4.69, 9.17) is 11.6 Å². The Morgan fingerprint density at radius 3 is 2.50 bits per heavy atom. The highest BCUT2D eigenvalue weighted by Gasteiger charge is 2.32. The smallest absolute Gasteiger partial charge is 0.0406 e. The molecule has 0 radical (unpaired) electrons. The summed E-state index contributed by atoms with van der Waals surface area (Å²) in [6.07, 6.45) is 5.50. The normalized spacial score (nSPS) is 28.8. The van der Waals surface area contributed by atoms with E-state index < -0.39 is 0 Å². The molecule has 1 nitrogen and oxygen atoms in total. The molecule has 0 spiro atoms. The van der Waals surface area contributed by atoms with Crippen molar-refractivity contribution in [2.75, 3.05) is 6.54 Å². The summed E-state index contributed by atoms with van der Waals surface area (Å²) in [5, 5.41) is 4.56. The lowest BCUT2D eigenvalue weighted by Gasteiger charge is -2.37. The fourth-order valence-corrected chi connectivity index (χ4v) is 3.10. The zero-order valence-electron chi connectivity index (χ0n) is 11.0. The SMILES string of the molecule is CC(CNC1CC(c2ccc(Cl)cc2)C1)C1CC1. The van der Waals surface area contributed by atoms with Crippen LogP contribution in [0.3, 0.4) is 0 Å². The summed E-state index contributed by atoms with van der Waals surface area (Å²) in [5.74, 6) is 2.64. The lowest BCUT2D eigenvalue weighted by atomic mass is 9.76. The van der Waals surface area contributed by atoms with E-state index in [0.717, 1.165) is 28.8 Å². The summed E-state index contributed by atoms with van der Waals surface area (Å²) < 4.78 is 0. The van der Waals surface area contributed by atoms with Crippen molar-refractivity contribution in [1.82, 2.24) is 5.32 Å². The van der Waals surface area contributed by atoms with E-state index in [-0.39, 0.29) is 0 Å². The Morgan fingerprint density at radius 1 is 1.22 bits per heavy atom. The van der Waals surface area contributed by atoms with Crippen molar-refractivity contribution in [2.45, 2.75) is 44.6 Å². The summed E-state index contributed by atoms with van der Waals surface area (Å²) in [6, 6.07) is 9.11. The van der Waals surface area contributed by atoms with Crippen LogP contribution in [0.15, 0.2) is 24.3 Å². The molecule has 1 unspecified atom stereocenters. The van der Waals surface area contributed by atoms with Gasteiger partial charge in [-0.3, -0.25) is 0 Å². The maximum absolute atomic E-state index is 5.91. The summed E-state index contributed by atoms with van der Waals surface area (Å²) in [5.41, 5.74) is 1.45. The number of nitrogens with one attached hydrogen (secondary N) is 1. The zero-order chi connectivity index (χ0) is 12.5. The number of rotatable bonds is 5. The molecule has 0 aliphatic heterocycles. The van der Waals surface area contributed by atoms with E-state index in [2.05, 4.69) is 24.4 Å². The first-order valence-electron chi connectivity index (χ1n) is 7.21. The predicted octanol–water partition coefficient (Wildman–Crippen LogP) is 4.22. The van der Waals surface area contributed by atoms with Crippen molar-refractivity contribution in [1.29, 1.82) is 0 Å². The lowest BCUT2D eigenvalue weighted by Crippen LogP contribution is -2.42. The Bertz CT molecular complexity index is 390. The van der Waals surface area contributed by atoms with Crippen LogP contribution in [0.4, 0.5) is 0 Å². The Morgan fingerprint density at radius 2 is 1.89 bits per heavy atom. The van der Waals surface area contributed by atoms with Gasteiger partial charge in [0.15, 0.2) is 0 Å². The molecule has 0 amide bonds. The molecular weight excluding hydrogens is 242 g/mol. The van der Waals surface area contributed by atoms with Crippen LogP contribution in [-0.2, 0) is 0 Å². The van der Waals surface area contributed by atoms with Crippen molar-refractivity contribution in [3.63, 3.8) is 0 Å². The summed E-state index contributed by atoms with van der Waals surface area (Å²) in [7, 11) is 0. The molecule has 1 atom stereocenters. The maximum Gasteiger partial charge on any atom is 0.0406 e. The second-order valence-corrected chi connectivity index (χ2v) is 6.58. The van der Waals surface area contributed by atoms with Crippen molar-refractivity contribution in [3.8, 4) is 0 Å². The van der Waals surface area contributed by atoms with E-state index in [1.54, 1.807) is 0 Å². The molecule has 1 N–H and O–H groups in total.